The number of hydrogen-bond acceptors (Lipinski definition) is 4. The van der Waals surface area contributed by atoms with Crippen LogP contribution in [0.1, 0.15) is 37.8 Å². The molecule has 1 aromatic rings. The fourth-order valence-corrected chi connectivity index (χ4v) is 4.86. The Morgan fingerprint density at radius 2 is 2.00 bits per heavy atom. The van der Waals surface area contributed by atoms with Crippen LogP contribution in [0.15, 0.2) is 18.2 Å². The third-order valence-electron chi connectivity index (χ3n) is 6.66. The van der Waals surface area contributed by atoms with E-state index in [2.05, 4.69) is 0 Å². The van der Waals surface area contributed by atoms with Gasteiger partial charge in [-0.15, -0.1) is 0 Å². The number of nitrogens with zero attached hydrogens (tertiary/aromatic N) is 2. The molecular formula is C22H30N2O4. The summed E-state index contributed by atoms with van der Waals surface area (Å²) in [5.41, 5.74) is 2.76. The van der Waals surface area contributed by atoms with Gasteiger partial charge in [-0.1, -0.05) is 12.1 Å². The minimum absolute atomic E-state index is 0.0257. The van der Waals surface area contributed by atoms with Gasteiger partial charge in [-0.25, -0.2) is 0 Å². The van der Waals surface area contributed by atoms with Crippen molar-refractivity contribution in [2.45, 2.75) is 58.3 Å². The fraction of sp³-hybridized carbons (Fsp3) is 0.636. The number of morpholine rings is 1. The van der Waals surface area contributed by atoms with Gasteiger partial charge in [0.1, 0.15) is 5.60 Å². The first-order chi connectivity index (χ1) is 13.3. The SMILES string of the molecule is Cc1cccc(N2C[C@H](C(=O)N3C[C@H](C)O[C@@]4(CCO[C@@H]4C)C3)CC2=O)c1C. The van der Waals surface area contributed by atoms with Crippen molar-refractivity contribution in [3.8, 4) is 0 Å². The Morgan fingerprint density at radius 3 is 2.71 bits per heavy atom. The summed E-state index contributed by atoms with van der Waals surface area (Å²) in [6, 6.07) is 5.98. The maximum Gasteiger partial charge on any atom is 0.228 e. The van der Waals surface area contributed by atoms with Crippen LogP contribution in [0, 0.1) is 19.8 Å². The molecule has 3 heterocycles. The van der Waals surface area contributed by atoms with Crippen LogP contribution in [0.3, 0.4) is 0 Å². The van der Waals surface area contributed by atoms with E-state index in [0.717, 1.165) is 23.2 Å². The zero-order chi connectivity index (χ0) is 20.1. The third-order valence-corrected chi connectivity index (χ3v) is 6.66. The molecule has 4 atom stereocenters. The predicted molar refractivity (Wildman–Crippen MR) is 106 cm³/mol. The first kappa shape index (κ1) is 19.4. The van der Waals surface area contributed by atoms with Gasteiger partial charge in [-0.05, 0) is 44.9 Å². The highest BCUT2D eigenvalue weighted by Gasteiger charge is 2.50. The summed E-state index contributed by atoms with van der Waals surface area (Å²) in [6.07, 6.45) is 1.02. The van der Waals surface area contributed by atoms with E-state index in [1.165, 1.54) is 0 Å². The molecule has 0 bridgehead atoms. The van der Waals surface area contributed by atoms with Crippen LogP contribution >= 0.6 is 0 Å². The van der Waals surface area contributed by atoms with Crippen LogP contribution in [-0.2, 0) is 19.1 Å². The normalized spacial score (nSPS) is 33.1. The number of amides is 2. The van der Waals surface area contributed by atoms with Crippen molar-refractivity contribution in [3.63, 3.8) is 0 Å². The van der Waals surface area contributed by atoms with E-state index in [1.807, 2.05) is 50.8 Å². The Kier molecular flexibility index (Phi) is 4.96. The maximum atomic E-state index is 13.3. The van der Waals surface area contributed by atoms with Crippen LogP contribution in [0.4, 0.5) is 5.69 Å². The molecule has 3 fully saturated rings. The van der Waals surface area contributed by atoms with E-state index in [1.54, 1.807) is 4.90 Å². The second-order valence-electron chi connectivity index (χ2n) is 8.60. The molecule has 1 aromatic carbocycles. The van der Waals surface area contributed by atoms with Crippen LogP contribution in [-0.4, -0.2) is 60.8 Å². The molecule has 28 heavy (non-hydrogen) atoms. The second kappa shape index (κ2) is 7.16. The molecule has 4 rings (SSSR count). The highest BCUT2D eigenvalue weighted by molar-refractivity contribution is 6.01. The lowest BCUT2D eigenvalue weighted by Gasteiger charge is -2.45. The number of carbonyl (C=O) groups excluding carboxylic acids is 2. The van der Waals surface area contributed by atoms with Gasteiger partial charge in [-0.2, -0.15) is 0 Å². The van der Waals surface area contributed by atoms with E-state index in [4.69, 9.17) is 9.47 Å². The number of anilines is 1. The van der Waals surface area contributed by atoms with Gasteiger partial charge < -0.3 is 19.3 Å². The molecule has 3 aliphatic heterocycles. The molecule has 0 radical (unpaired) electrons. The molecule has 0 aromatic heterocycles. The van der Waals surface area contributed by atoms with Crippen LogP contribution < -0.4 is 4.90 Å². The Balaban J connectivity index is 1.51. The summed E-state index contributed by atoms with van der Waals surface area (Å²) in [4.78, 5) is 29.7. The highest BCUT2D eigenvalue weighted by Crippen LogP contribution is 2.36. The van der Waals surface area contributed by atoms with Crippen molar-refractivity contribution >= 4 is 17.5 Å². The first-order valence-electron chi connectivity index (χ1n) is 10.3. The molecule has 1 spiro atoms. The molecular weight excluding hydrogens is 356 g/mol. The van der Waals surface area contributed by atoms with Crippen LogP contribution in [0.25, 0.3) is 0 Å². The minimum Gasteiger partial charge on any atom is -0.375 e. The average molecular weight is 386 g/mol. The zero-order valence-electron chi connectivity index (χ0n) is 17.2. The number of ether oxygens (including phenoxy) is 2. The lowest BCUT2D eigenvalue weighted by atomic mass is 9.92. The van der Waals surface area contributed by atoms with Gasteiger partial charge >= 0.3 is 0 Å². The fourth-order valence-electron chi connectivity index (χ4n) is 4.86. The molecule has 0 saturated carbocycles. The summed E-state index contributed by atoms with van der Waals surface area (Å²) in [7, 11) is 0. The van der Waals surface area contributed by atoms with Gasteiger partial charge in [0.15, 0.2) is 0 Å². The van der Waals surface area contributed by atoms with E-state index < -0.39 is 5.60 Å². The summed E-state index contributed by atoms with van der Waals surface area (Å²) in [6.45, 7) is 10.3. The predicted octanol–water partition coefficient (Wildman–Crippen LogP) is 2.45. The molecule has 6 nitrogen and oxygen atoms in total. The van der Waals surface area contributed by atoms with Gasteiger partial charge in [0.05, 0.1) is 24.7 Å². The van der Waals surface area contributed by atoms with Crippen molar-refractivity contribution in [1.29, 1.82) is 0 Å². The topological polar surface area (TPSA) is 59.1 Å². The molecule has 3 saturated heterocycles. The van der Waals surface area contributed by atoms with Crippen molar-refractivity contribution in [1.82, 2.24) is 4.90 Å². The zero-order valence-corrected chi connectivity index (χ0v) is 17.2. The standard InChI is InChI=1S/C22H30N2O4/c1-14-6-5-7-19(16(14)3)24-12-18(10-20(24)25)21(26)23-11-15(2)28-22(13-23)8-9-27-17(22)4/h5-7,15,17-18H,8-13H2,1-4H3/t15-,17+,18+,22-/m0/s1. The summed E-state index contributed by atoms with van der Waals surface area (Å²) in [5.74, 6) is -0.206. The molecule has 2 amide bonds. The van der Waals surface area contributed by atoms with Gasteiger partial charge in [0, 0.05) is 38.2 Å². The van der Waals surface area contributed by atoms with Gasteiger partial charge in [0.25, 0.3) is 0 Å². The molecule has 6 heteroatoms. The average Bonchev–Trinajstić information content (AvgIpc) is 3.19. The minimum atomic E-state index is -0.414. The lowest BCUT2D eigenvalue weighted by molar-refractivity contribution is -0.180. The molecule has 0 unspecified atom stereocenters. The van der Waals surface area contributed by atoms with Gasteiger partial charge in [-0.3, -0.25) is 9.59 Å². The van der Waals surface area contributed by atoms with E-state index in [-0.39, 0.29) is 36.4 Å². The van der Waals surface area contributed by atoms with Crippen molar-refractivity contribution < 1.29 is 19.1 Å². The van der Waals surface area contributed by atoms with Gasteiger partial charge in [0.2, 0.25) is 11.8 Å². The van der Waals surface area contributed by atoms with E-state index in [9.17, 15) is 9.59 Å². The highest BCUT2D eigenvalue weighted by atomic mass is 16.6. The van der Waals surface area contributed by atoms with E-state index in [0.29, 0.717) is 26.2 Å². The molecule has 0 aliphatic carbocycles. The molecule has 0 N–H and O–H groups in total. The van der Waals surface area contributed by atoms with Crippen LogP contribution in [0.2, 0.25) is 0 Å². The third kappa shape index (κ3) is 3.22. The first-order valence-corrected chi connectivity index (χ1v) is 10.3. The van der Waals surface area contributed by atoms with Crippen molar-refractivity contribution in [3.05, 3.63) is 29.3 Å². The Morgan fingerprint density at radius 1 is 1.21 bits per heavy atom. The lowest BCUT2D eigenvalue weighted by Crippen LogP contribution is -2.60. The Labute approximate surface area is 166 Å². The Hall–Kier alpha value is -1.92. The monoisotopic (exact) mass is 386 g/mol. The van der Waals surface area contributed by atoms with E-state index >= 15 is 0 Å². The number of hydrogen-bond donors (Lipinski definition) is 0. The number of benzene rings is 1. The second-order valence-corrected chi connectivity index (χ2v) is 8.60. The number of rotatable bonds is 2. The van der Waals surface area contributed by atoms with Crippen LogP contribution in [0.5, 0.6) is 0 Å². The largest absolute Gasteiger partial charge is 0.375 e. The summed E-state index contributed by atoms with van der Waals surface area (Å²) < 4.78 is 12.0. The number of carbonyl (C=O) groups is 2. The Bertz CT molecular complexity index is 795. The number of aryl methyl sites for hydroxylation is 1. The summed E-state index contributed by atoms with van der Waals surface area (Å²) >= 11 is 0. The maximum absolute atomic E-state index is 13.3. The molecule has 152 valence electrons. The smallest absolute Gasteiger partial charge is 0.228 e. The molecule has 3 aliphatic rings. The summed E-state index contributed by atoms with van der Waals surface area (Å²) in [5, 5.41) is 0. The van der Waals surface area contributed by atoms with Crippen molar-refractivity contribution in [2.24, 2.45) is 5.92 Å². The van der Waals surface area contributed by atoms with Crippen molar-refractivity contribution in [2.75, 3.05) is 31.1 Å². The quantitative estimate of drug-likeness (QED) is 0.783.